The van der Waals surface area contributed by atoms with E-state index in [4.69, 9.17) is 22.1 Å². The van der Waals surface area contributed by atoms with Crippen LogP contribution in [0.2, 0.25) is 5.15 Å². The lowest BCUT2D eigenvalue weighted by Crippen LogP contribution is -2.18. The molecule has 0 spiro atoms. The van der Waals surface area contributed by atoms with Crippen molar-refractivity contribution < 1.29 is 14.3 Å². The highest BCUT2D eigenvalue weighted by molar-refractivity contribution is 6.29. The number of halogens is 1. The molecule has 1 aromatic carbocycles. The number of hydrogen-bond acceptors (Lipinski definition) is 5. The molecule has 126 valence electrons. The Morgan fingerprint density at radius 3 is 2.56 bits per heavy atom. The molecule has 0 fully saturated rings. The molecule has 3 rings (SSSR count). The fourth-order valence-electron chi connectivity index (χ4n) is 2.03. The minimum Gasteiger partial charge on any atom is -0.405 e. The summed E-state index contributed by atoms with van der Waals surface area (Å²) >= 11 is 5.70. The number of carbonyl (C=O) groups is 2. The lowest BCUT2D eigenvalue weighted by atomic mass is 10.3. The molecule has 9 heteroatoms. The SMILES string of the molecule is NC(=O)Oc1cn(-c2ccccc2)nc1NC(=O)c1ccc(Cl)nc1. The van der Waals surface area contributed by atoms with Gasteiger partial charge in [-0.3, -0.25) is 4.79 Å². The van der Waals surface area contributed by atoms with Crippen LogP contribution in [0.1, 0.15) is 10.4 Å². The number of nitrogens with two attached hydrogens (primary N) is 1. The number of aromatic nitrogens is 3. The maximum atomic E-state index is 12.3. The van der Waals surface area contributed by atoms with E-state index in [2.05, 4.69) is 15.4 Å². The Hall–Kier alpha value is -3.39. The van der Waals surface area contributed by atoms with Crippen molar-refractivity contribution >= 4 is 29.4 Å². The lowest BCUT2D eigenvalue weighted by Gasteiger charge is -2.04. The first kappa shape index (κ1) is 16.5. The monoisotopic (exact) mass is 357 g/mol. The Morgan fingerprint density at radius 1 is 1.16 bits per heavy atom. The molecule has 3 N–H and O–H groups in total. The maximum Gasteiger partial charge on any atom is 0.410 e. The number of rotatable bonds is 4. The summed E-state index contributed by atoms with van der Waals surface area (Å²) in [6.07, 6.45) is 1.74. The summed E-state index contributed by atoms with van der Waals surface area (Å²) in [5, 5.41) is 7.04. The van der Waals surface area contributed by atoms with Gasteiger partial charge in [-0.1, -0.05) is 29.8 Å². The van der Waals surface area contributed by atoms with E-state index in [1.165, 1.54) is 29.2 Å². The third-order valence-electron chi connectivity index (χ3n) is 3.13. The van der Waals surface area contributed by atoms with E-state index >= 15 is 0 Å². The average Bonchev–Trinajstić information content (AvgIpc) is 2.98. The number of ether oxygens (including phenoxy) is 1. The fourth-order valence-corrected chi connectivity index (χ4v) is 2.14. The van der Waals surface area contributed by atoms with Gasteiger partial charge in [-0.05, 0) is 24.3 Å². The van der Waals surface area contributed by atoms with Gasteiger partial charge < -0.3 is 15.8 Å². The van der Waals surface area contributed by atoms with Crippen LogP contribution in [0.4, 0.5) is 10.6 Å². The molecular weight excluding hydrogens is 346 g/mol. The predicted molar refractivity (Wildman–Crippen MR) is 91.0 cm³/mol. The summed E-state index contributed by atoms with van der Waals surface area (Å²) in [5.41, 5.74) is 6.05. The quantitative estimate of drug-likeness (QED) is 0.697. The second kappa shape index (κ2) is 7.02. The van der Waals surface area contributed by atoms with Crippen LogP contribution < -0.4 is 15.8 Å². The highest BCUT2D eigenvalue weighted by atomic mass is 35.5. The first-order valence-corrected chi connectivity index (χ1v) is 7.46. The van der Waals surface area contributed by atoms with Crippen LogP contribution >= 0.6 is 11.6 Å². The van der Waals surface area contributed by atoms with Gasteiger partial charge >= 0.3 is 6.09 Å². The number of amides is 2. The van der Waals surface area contributed by atoms with Crippen molar-refractivity contribution in [3.63, 3.8) is 0 Å². The summed E-state index contributed by atoms with van der Waals surface area (Å²) < 4.78 is 6.36. The van der Waals surface area contributed by atoms with E-state index < -0.39 is 12.0 Å². The smallest absolute Gasteiger partial charge is 0.405 e. The minimum absolute atomic E-state index is 0.0200. The topological polar surface area (TPSA) is 112 Å². The zero-order valence-electron chi connectivity index (χ0n) is 12.7. The van der Waals surface area contributed by atoms with Gasteiger partial charge in [0.05, 0.1) is 17.4 Å². The summed E-state index contributed by atoms with van der Waals surface area (Å²) in [7, 11) is 0. The normalized spacial score (nSPS) is 10.3. The Balaban J connectivity index is 1.90. The van der Waals surface area contributed by atoms with E-state index in [-0.39, 0.29) is 22.3 Å². The summed E-state index contributed by atoms with van der Waals surface area (Å²) in [6, 6.07) is 12.1. The van der Waals surface area contributed by atoms with Gasteiger partial charge in [0.25, 0.3) is 5.91 Å². The number of carbonyl (C=O) groups excluding carboxylic acids is 2. The molecule has 8 nitrogen and oxygen atoms in total. The van der Waals surface area contributed by atoms with Gasteiger partial charge in [-0.15, -0.1) is 5.10 Å². The molecule has 0 aliphatic heterocycles. The van der Waals surface area contributed by atoms with Crippen molar-refractivity contribution in [2.45, 2.75) is 0 Å². The van der Waals surface area contributed by atoms with Crippen LogP contribution in [0.25, 0.3) is 5.69 Å². The number of anilines is 1. The van der Waals surface area contributed by atoms with Crippen LogP contribution in [-0.4, -0.2) is 26.8 Å². The van der Waals surface area contributed by atoms with Crippen molar-refractivity contribution in [3.8, 4) is 11.4 Å². The molecular formula is C16H12ClN5O3. The second-order valence-electron chi connectivity index (χ2n) is 4.87. The number of para-hydroxylation sites is 1. The third kappa shape index (κ3) is 3.93. The zero-order valence-corrected chi connectivity index (χ0v) is 13.5. The number of nitrogens with one attached hydrogen (secondary N) is 1. The van der Waals surface area contributed by atoms with Gasteiger partial charge in [-0.2, -0.15) is 0 Å². The number of pyridine rings is 1. The first-order valence-electron chi connectivity index (χ1n) is 7.08. The molecule has 0 radical (unpaired) electrons. The zero-order chi connectivity index (χ0) is 17.8. The fraction of sp³-hybridized carbons (Fsp3) is 0. The number of primary amides is 1. The maximum absolute atomic E-state index is 12.3. The standard InChI is InChI=1S/C16H12ClN5O3/c17-13-7-6-10(8-19-13)15(23)20-14-12(25-16(18)24)9-22(21-14)11-4-2-1-3-5-11/h1-9H,(H2,18,24)(H,20,21,23). The highest BCUT2D eigenvalue weighted by Gasteiger charge is 2.17. The lowest BCUT2D eigenvalue weighted by molar-refractivity contribution is 0.102. The molecule has 3 aromatic rings. The molecule has 2 amide bonds. The largest absolute Gasteiger partial charge is 0.410 e. The van der Waals surface area contributed by atoms with Crippen molar-refractivity contribution in [2.75, 3.05) is 5.32 Å². The van der Waals surface area contributed by atoms with Gasteiger partial charge in [0, 0.05) is 6.20 Å². The van der Waals surface area contributed by atoms with Crippen LogP contribution in [0.15, 0.2) is 54.9 Å². The Kier molecular flexibility index (Phi) is 4.62. The average molecular weight is 358 g/mol. The van der Waals surface area contributed by atoms with E-state index in [1.807, 2.05) is 18.2 Å². The first-order chi connectivity index (χ1) is 12.0. The van der Waals surface area contributed by atoms with E-state index in [0.29, 0.717) is 5.69 Å². The number of hydrogen-bond donors (Lipinski definition) is 2. The molecule has 0 aliphatic rings. The number of benzene rings is 1. The molecule has 25 heavy (non-hydrogen) atoms. The van der Waals surface area contributed by atoms with Crippen LogP contribution in [0, 0.1) is 0 Å². The predicted octanol–water partition coefficient (Wildman–Crippen LogP) is 2.63. The molecule has 0 bridgehead atoms. The molecule has 0 aliphatic carbocycles. The van der Waals surface area contributed by atoms with Gasteiger partial charge in [0.2, 0.25) is 0 Å². The second-order valence-corrected chi connectivity index (χ2v) is 5.25. The van der Waals surface area contributed by atoms with Crippen LogP contribution in [0.3, 0.4) is 0 Å². The molecule has 0 saturated heterocycles. The van der Waals surface area contributed by atoms with E-state index in [0.717, 1.165) is 0 Å². The van der Waals surface area contributed by atoms with E-state index in [9.17, 15) is 9.59 Å². The van der Waals surface area contributed by atoms with Gasteiger partial charge in [0.15, 0.2) is 11.6 Å². The molecule has 2 heterocycles. The molecule has 0 saturated carbocycles. The summed E-state index contributed by atoms with van der Waals surface area (Å²) in [5.74, 6) is -0.425. The Labute approximate surface area is 147 Å². The molecule has 0 atom stereocenters. The Bertz CT molecular complexity index is 909. The van der Waals surface area contributed by atoms with Crippen molar-refractivity contribution in [1.82, 2.24) is 14.8 Å². The highest BCUT2D eigenvalue weighted by Crippen LogP contribution is 2.25. The van der Waals surface area contributed by atoms with Crippen molar-refractivity contribution in [2.24, 2.45) is 5.73 Å². The third-order valence-corrected chi connectivity index (χ3v) is 3.36. The van der Waals surface area contributed by atoms with Crippen molar-refractivity contribution in [3.05, 3.63) is 65.6 Å². The molecule has 2 aromatic heterocycles. The molecule has 0 unspecified atom stereocenters. The van der Waals surface area contributed by atoms with E-state index in [1.54, 1.807) is 12.1 Å². The summed E-state index contributed by atoms with van der Waals surface area (Å²) in [4.78, 5) is 27.2. The van der Waals surface area contributed by atoms with Crippen LogP contribution in [-0.2, 0) is 0 Å². The van der Waals surface area contributed by atoms with Gasteiger partial charge in [0.1, 0.15) is 5.15 Å². The minimum atomic E-state index is -1.02. The number of nitrogens with zero attached hydrogens (tertiary/aromatic N) is 3. The Morgan fingerprint density at radius 2 is 1.92 bits per heavy atom. The van der Waals surface area contributed by atoms with Crippen molar-refractivity contribution in [1.29, 1.82) is 0 Å². The van der Waals surface area contributed by atoms with Crippen LogP contribution in [0.5, 0.6) is 5.75 Å². The summed E-state index contributed by atoms with van der Waals surface area (Å²) in [6.45, 7) is 0. The van der Waals surface area contributed by atoms with Gasteiger partial charge in [-0.25, -0.2) is 14.5 Å².